The zero-order chi connectivity index (χ0) is 11.9. The quantitative estimate of drug-likeness (QED) is 0.796. The van der Waals surface area contributed by atoms with Gasteiger partial charge in [0.25, 0.3) is 5.56 Å². The van der Waals surface area contributed by atoms with Crippen molar-refractivity contribution in [2.24, 2.45) is 7.05 Å². The average Bonchev–Trinajstić information content (AvgIpc) is 2.22. The molecular weight excluding hydrogens is 202 g/mol. The molecular formula is C13H15NO2. The molecule has 3 nitrogen and oxygen atoms in total. The summed E-state index contributed by atoms with van der Waals surface area (Å²) in [5.41, 5.74) is 1.05. The molecule has 1 N–H and O–H groups in total. The fourth-order valence-corrected chi connectivity index (χ4v) is 1.94. The molecule has 0 aliphatic carbocycles. The molecule has 0 atom stereocenters. The minimum Gasteiger partial charge on any atom is -0.508 e. The molecule has 2 rings (SSSR count). The van der Waals surface area contributed by atoms with E-state index in [2.05, 4.69) is 13.8 Å². The van der Waals surface area contributed by atoms with Gasteiger partial charge >= 0.3 is 0 Å². The summed E-state index contributed by atoms with van der Waals surface area (Å²) in [5, 5.41) is 11.0. The lowest BCUT2D eigenvalue weighted by Crippen LogP contribution is -2.17. The van der Waals surface area contributed by atoms with Gasteiger partial charge in [0.1, 0.15) is 5.75 Å². The van der Waals surface area contributed by atoms with Crippen molar-refractivity contribution < 1.29 is 5.11 Å². The van der Waals surface area contributed by atoms with Gasteiger partial charge in [-0.25, -0.2) is 0 Å². The van der Waals surface area contributed by atoms with E-state index in [9.17, 15) is 9.90 Å². The number of aryl methyl sites for hydroxylation is 1. The summed E-state index contributed by atoms with van der Waals surface area (Å²) in [7, 11) is 1.75. The molecule has 0 spiro atoms. The third kappa shape index (κ3) is 1.58. The Bertz CT molecular complexity index is 597. The standard InChI is InChI=1S/C13H15NO2/c1-8(2)12-7-14(3)13(16)10-5-4-9(15)6-11(10)12/h4-8,15H,1-3H3. The summed E-state index contributed by atoms with van der Waals surface area (Å²) < 4.78 is 1.59. The number of rotatable bonds is 1. The maximum atomic E-state index is 11.9. The third-order valence-corrected chi connectivity index (χ3v) is 2.82. The van der Waals surface area contributed by atoms with Crippen molar-refractivity contribution in [3.8, 4) is 5.75 Å². The fraction of sp³-hybridized carbons (Fsp3) is 0.308. The second kappa shape index (κ2) is 3.67. The smallest absolute Gasteiger partial charge is 0.258 e. The lowest BCUT2D eigenvalue weighted by Gasteiger charge is -2.12. The van der Waals surface area contributed by atoms with Gasteiger partial charge in [0, 0.05) is 18.6 Å². The van der Waals surface area contributed by atoms with Crippen molar-refractivity contribution in [3.05, 3.63) is 40.3 Å². The molecule has 1 heterocycles. The third-order valence-electron chi connectivity index (χ3n) is 2.82. The Morgan fingerprint density at radius 2 is 1.94 bits per heavy atom. The second-order valence-electron chi connectivity index (χ2n) is 4.39. The SMILES string of the molecule is CC(C)c1cn(C)c(=O)c2ccc(O)cc12. The summed E-state index contributed by atoms with van der Waals surface area (Å²) in [6.07, 6.45) is 1.84. The highest BCUT2D eigenvalue weighted by Gasteiger charge is 2.10. The first kappa shape index (κ1) is 10.7. The van der Waals surface area contributed by atoms with Crippen LogP contribution in [-0.4, -0.2) is 9.67 Å². The van der Waals surface area contributed by atoms with Gasteiger partial charge in [-0.3, -0.25) is 4.79 Å². The van der Waals surface area contributed by atoms with Gasteiger partial charge in [-0.1, -0.05) is 13.8 Å². The number of nitrogens with zero attached hydrogens (tertiary/aromatic N) is 1. The highest BCUT2D eigenvalue weighted by atomic mass is 16.3. The van der Waals surface area contributed by atoms with Crippen LogP contribution in [0, 0.1) is 0 Å². The normalized spacial score (nSPS) is 11.2. The monoisotopic (exact) mass is 217 g/mol. The van der Waals surface area contributed by atoms with Crippen molar-refractivity contribution in [2.75, 3.05) is 0 Å². The van der Waals surface area contributed by atoms with E-state index in [0.717, 1.165) is 10.9 Å². The van der Waals surface area contributed by atoms with Crippen LogP contribution in [0.4, 0.5) is 0 Å². The maximum absolute atomic E-state index is 11.9. The van der Waals surface area contributed by atoms with E-state index in [1.165, 1.54) is 0 Å². The Morgan fingerprint density at radius 3 is 2.56 bits per heavy atom. The van der Waals surface area contributed by atoms with E-state index in [0.29, 0.717) is 11.3 Å². The Hall–Kier alpha value is -1.77. The number of hydrogen-bond acceptors (Lipinski definition) is 2. The molecule has 1 aromatic carbocycles. The molecule has 84 valence electrons. The van der Waals surface area contributed by atoms with Gasteiger partial charge in [0.2, 0.25) is 0 Å². The first-order valence-electron chi connectivity index (χ1n) is 5.33. The Kier molecular flexibility index (Phi) is 2.46. The van der Waals surface area contributed by atoms with Gasteiger partial charge in [-0.05, 0) is 35.1 Å². The molecule has 0 fully saturated rings. The highest BCUT2D eigenvalue weighted by molar-refractivity contribution is 5.86. The molecule has 0 aliphatic rings. The van der Waals surface area contributed by atoms with Crippen LogP contribution in [0.5, 0.6) is 5.75 Å². The molecule has 1 aromatic heterocycles. The van der Waals surface area contributed by atoms with Crippen LogP contribution in [0.3, 0.4) is 0 Å². The number of hydrogen-bond donors (Lipinski definition) is 1. The molecule has 0 unspecified atom stereocenters. The van der Waals surface area contributed by atoms with Crippen LogP contribution in [0.2, 0.25) is 0 Å². The number of phenolic OH excluding ortho intramolecular Hbond substituents is 1. The highest BCUT2D eigenvalue weighted by Crippen LogP contribution is 2.25. The van der Waals surface area contributed by atoms with E-state index < -0.39 is 0 Å². The maximum Gasteiger partial charge on any atom is 0.258 e. The second-order valence-corrected chi connectivity index (χ2v) is 4.39. The van der Waals surface area contributed by atoms with Gasteiger partial charge in [0.05, 0.1) is 0 Å². The first-order chi connectivity index (χ1) is 7.50. The predicted molar refractivity (Wildman–Crippen MR) is 64.9 cm³/mol. The molecule has 0 saturated heterocycles. The van der Waals surface area contributed by atoms with Crippen molar-refractivity contribution >= 4 is 10.8 Å². The number of fused-ring (bicyclic) bond motifs is 1. The Balaban J connectivity index is 2.96. The number of phenols is 1. The molecule has 3 heteroatoms. The van der Waals surface area contributed by atoms with E-state index in [-0.39, 0.29) is 11.3 Å². The lowest BCUT2D eigenvalue weighted by molar-refractivity contribution is 0.476. The van der Waals surface area contributed by atoms with Crippen molar-refractivity contribution in [1.82, 2.24) is 4.57 Å². The van der Waals surface area contributed by atoms with E-state index in [1.54, 1.807) is 29.8 Å². The van der Waals surface area contributed by atoms with Crippen LogP contribution < -0.4 is 5.56 Å². The summed E-state index contributed by atoms with van der Waals surface area (Å²) in [6, 6.07) is 4.89. The molecule has 0 bridgehead atoms. The minimum absolute atomic E-state index is 0.0283. The van der Waals surface area contributed by atoms with E-state index in [1.807, 2.05) is 6.20 Å². The van der Waals surface area contributed by atoms with Crippen LogP contribution in [-0.2, 0) is 7.05 Å². The van der Waals surface area contributed by atoms with Crippen molar-refractivity contribution in [1.29, 1.82) is 0 Å². The Labute approximate surface area is 94.0 Å². The number of pyridine rings is 1. The summed E-state index contributed by atoms with van der Waals surface area (Å²) in [6.45, 7) is 4.15. The van der Waals surface area contributed by atoms with Gasteiger partial charge in [0.15, 0.2) is 0 Å². The molecule has 0 saturated carbocycles. The number of aromatic nitrogens is 1. The van der Waals surface area contributed by atoms with Crippen LogP contribution in [0.25, 0.3) is 10.8 Å². The molecule has 16 heavy (non-hydrogen) atoms. The molecule has 0 aliphatic heterocycles. The van der Waals surface area contributed by atoms with Crippen molar-refractivity contribution in [3.63, 3.8) is 0 Å². The zero-order valence-corrected chi connectivity index (χ0v) is 9.69. The van der Waals surface area contributed by atoms with Crippen LogP contribution >= 0.6 is 0 Å². The van der Waals surface area contributed by atoms with Crippen LogP contribution in [0.15, 0.2) is 29.2 Å². The zero-order valence-electron chi connectivity index (χ0n) is 9.69. The fourth-order valence-electron chi connectivity index (χ4n) is 1.94. The lowest BCUT2D eigenvalue weighted by atomic mass is 9.98. The number of benzene rings is 1. The topological polar surface area (TPSA) is 42.2 Å². The summed E-state index contributed by atoms with van der Waals surface area (Å²) in [4.78, 5) is 11.9. The van der Waals surface area contributed by atoms with Gasteiger partial charge in [-0.15, -0.1) is 0 Å². The molecule has 0 radical (unpaired) electrons. The molecule has 2 aromatic rings. The van der Waals surface area contributed by atoms with Gasteiger partial charge in [-0.2, -0.15) is 0 Å². The minimum atomic E-state index is -0.0283. The van der Waals surface area contributed by atoms with E-state index in [4.69, 9.17) is 0 Å². The first-order valence-corrected chi connectivity index (χ1v) is 5.33. The predicted octanol–water partition coefficient (Wildman–Crippen LogP) is 2.37. The number of aromatic hydroxyl groups is 1. The van der Waals surface area contributed by atoms with Crippen molar-refractivity contribution in [2.45, 2.75) is 19.8 Å². The average molecular weight is 217 g/mol. The molecule has 0 amide bonds. The summed E-state index contributed by atoms with van der Waals surface area (Å²) >= 11 is 0. The van der Waals surface area contributed by atoms with Crippen LogP contribution in [0.1, 0.15) is 25.3 Å². The van der Waals surface area contributed by atoms with E-state index >= 15 is 0 Å². The Morgan fingerprint density at radius 1 is 1.25 bits per heavy atom. The largest absolute Gasteiger partial charge is 0.508 e. The summed E-state index contributed by atoms with van der Waals surface area (Å²) in [5.74, 6) is 0.513. The van der Waals surface area contributed by atoms with Gasteiger partial charge < -0.3 is 9.67 Å².